The first kappa shape index (κ1) is 24.0. The molecule has 2 heterocycles. The molecule has 140 valence electrons. The summed E-state index contributed by atoms with van der Waals surface area (Å²) in [5, 5.41) is 3.30. The monoisotopic (exact) mass is 475 g/mol. The van der Waals surface area contributed by atoms with E-state index in [9.17, 15) is 4.79 Å². The number of carbonyl (C=O) groups excluding carboxylic acids is 1. The second-order valence-corrected chi connectivity index (χ2v) is 6.01. The Labute approximate surface area is 170 Å². The molecule has 0 spiro atoms. The minimum atomic E-state index is 0. The van der Waals surface area contributed by atoms with Gasteiger partial charge < -0.3 is 15.4 Å². The number of hydrogen-bond acceptors (Lipinski definition) is 3. The molecule has 2 aromatic rings. The van der Waals surface area contributed by atoms with Gasteiger partial charge in [0.2, 0.25) is 5.78 Å². The summed E-state index contributed by atoms with van der Waals surface area (Å²) >= 11 is 0. The largest absolute Gasteiger partial charge is 0.412 e. The van der Waals surface area contributed by atoms with Crippen LogP contribution in [0.1, 0.15) is 34.6 Å². The number of ketones is 1. The first-order chi connectivity index (χ1) is 10.8. The molecular formula is C18H27Br2N3O2. The number of aryl methyl sites for hydroxylation is 3. The van der Waals surface area contributed by atoms with Gasteiger partial charge in [-0.15, -0.1) is 34.0 Å². The van der Waals surface area contributed by atoms with E-state index < -0.39 is 0 Å². The molecule has 1 saturated heterocycles. The number of rotatable bonds is 5. The van der Waals surface area contributed by atoms with Crippen LogP contribution >= 0.6 is 34.0 Å². The van der Waals surface area contributed by atoms with Crippen molar-refractivity contribution in [2.75, 3.05) is 13.1 Å². The lowest BCUT2D eigenvalue weighted by Crippen LogP contribution is -2.33. The van der Waals surface area contributed by atoms with Crippen LogP contribution in [0.3, 0.4) is 0 Å². The normalized spacial score (nSPS) is 14.0. The lowest BCUT2D eigenvalue weighted by atomic mass is 9.93. The van der Waals surface area contributed by atoms with Crippen LogP contribution in [0, 0.1) is 12.8 Å². The fraction of sp³-hybridized carbons (Fsp3) is 0.444. The Morgan fingerprint density at radius 2 is 1.92 bits per heavy atom. The molecule has 0 aliphatic carbocycles. The SMILES string of the molecule is Br.Br.Cc1ccccc1CCn1ccnc1C(=O)C1CCNCC1.O. The van der Waals surface area contributed by atoms with Crippen molar-refractivity contribution in [3.63, 3.8) is 0 Å². The van der Waals surface area contributed by atoms with E-state index in [1.54, 1.807) is 6.20 Å². The average molecular weight is 477 g/mol. The fourth-order valence-corrected chi connectivity index (χ4v) is 3.11. The van der Waals surface area contributed by atoms with Crippen molar-refractivity contribution in [3.05, 3.63) is 53.6 Å². The maximum absolute atomic E-state index is 12.6. The Kier molecular flexibility index (Phi) is 11.1. The number of carbonyl (C=O) groups is 1. The van der Waals surface area contributed by atoms with Gasteiger partial charge in [0.1, 0.15) is 0 Å². The van der Waals surface area contributed by atoms with E-state index in [2.05, 4.69) is 41.5 Å². The molecule has 0 radical (unpaired) electrons. The Morgan fingerprint density at radius 1 is 1.24 bits per heavy atom. The number of benzene rings is 1. The maximum atomic E-state index is 12.6. The highest BCUT2D eigenvalue weighted by molar-refractivity contribution is 8.93. The molecule has 5 nitrogen and oxygen atoms in total. The van der Waals surface area contributed by atoms with Crippen LogP contribution in [0.15, 0.2) is 36.7 Å². The number of piperidine rings is 1. The number of imidazole rings is 1. The van der Waals surface area contributed by atoms with Gasteiger partial charge in [-0.25, -0.2) is 4.98 Å². The fourth-order valence-electron chi connectivity index (χ4n) is 3.11. The molecule has 1 aromatic heterocycles. The Balaban J connectivity index is 0.00000192. The smallest absolute Gasteiger partial charge is 0.201 e. The Morgan fingerprint density at radius 3 is 2.60 bits per heavy atom. The highest BCUT2D eigenvalue weighted by Gasteiger charge is 2.25. The minimum Gasteiger partial charge on any atom is -0.412 e. The van der Waals surface area contributed by atoms with Crippen molar-refractivity contribution in [2.45, 2.75) is 32.7 Å². The molecule has 0 saturated carbocycles. The van der Waals surface area contributed by atoms with Crippen LogP contribution < -0.4 is 5.32 Å². The van der Waals surface area contributed by atoms with Gasteiger partial charge >= 0.3 is 0 Å². The average Bonchev–Trinajstić information content (AvgIpc) is 3.03. The predicted octanol–water partition coefficient (Wildman–Crippen LogP) is 2.95. The van der Waals surface area contributed by atoms with E-state index in [0.29, 0.717) is 5.82 Å². The van der Waals surface area contributed by atoms with Crippen molar-refractivity contribution in [3.8, 4) is 0 Å². The van der Waals surface area contributed by atoms with Gasteiger partial charge in [0.25, 0.3) is 0 Å². The molecule has 1 aliphatic heterocycles. The van der Waals surface area contributed by atoms with Gasteiger partial charge in [-0.1, -0.05) is 24.3 Å². The first-order valence-corrected chi connectivity index (χ1v) is 8.06. The molecular weight excluding hydrogens is 450 g/mol. The van der Waals surface area contributed by atoms with Crippen molar-refractivity contribution < 1.29 is 10.3 Å². The van der Waals surface area contributed by atoms with Crippen molar-refractivity contribution in [1.29, 1.82) is 0 Å². The van der Waals surface area contributed by atoms with E-state index in [0.717, 1.165) is 38.9 Å². The van der Waals surface area contributed by atoms with E-state index in [1.165, 1.54) is 11.1 Å². The third-order valence-electron chi connectivity index (χ3n) is 4.53. The second kappa shape index (κ2) is 11.6. The highest BCUT2D eigenvalue weighted by Crippen LogP contribution is 2.18. The summed E-state index contributed by atoms with van der Waals surface area (Å²) in [4.78, 5) is 17.0. The summed E-state index contributed by atoms with van der Waals surface area (Å²) in [5.41, 5.74) is 2.63. The van der Waals surface area contributed by atoms with Gasteiger partial charge in [0, 0.05) is 24.9 Å². The third kappa shape index (κ3) is 6.02. The van der Waals surface area contributed by atoms with Gasteiger partial charge in [-0.3, -0.25) is 4.79 Å². The minimum absolute atomic E-state index is 0. The third-order valence-corrected chi connectivity index (χ3v) is 4.53. The van der Waals surface area contributed by atoms with Crippen LogP contribution in [0.2, 0.25) is 0 Å². The zero-order chi connectivity index (χ0) is 15.4. The second-order valence-electron chi connectivity index (χ2n) is 6.01. The molecule has 0 amide bonds. The van der Waals surface area contributed by atoms with E-state index >= 15 is 0 Å². The molecule has 0 atom stereocenters. The Bertz CT molecular complexity index is 655. The number of nitrogens with zero attached hydrogens (tertiary/aromatic N) is 2. The summed E-state index contributed by atoms with van der Waals surface area (Å²) < 4.78 is 2.01. The van der Waals surface area contributed by atoms with Crippen LogP contribution in [-0.4, -0.2) is 33.9 Å². The van der Waals surface area contributed by atoms with Crippen LogP contribution in [0.25, 0.3) is 0 Å². The summed E-state index contributed by atoms with van der Waals surface area (Å²) in [6.45, 7) is 4.79. The van der Waals surface area contributed by atoms with E-state index in [1.807, 2.05) is 10.8 Å². The van der Waals surface area contributed by atoms with Gasteiger partial charge in [-0.2, -0.15) is 0 Å². The van der Waals surface area contributed by atoms with E-state index in [4.69, 9.17) is 0 Å². The van der Waals surface area contributed by atoms with Gasteiger partial charge in [-0.05, 0) is 50.4 Å². The van der Waals surface area contributed by atoms with Crippen LogP contribution in [-0.2, 0) is 13.0 Å². The van der Waals surface area contributed by atoms with Gasteiger partial charge in [0.05, 0.1) is 0 Å². The van der Waals surface area contributed by atoms with Crippen molar-refractivity contribution in [2.24, 2.45) is 5.92 Å². The molecule has 1 fully saturated rings. The maximum Gasteiger partial charge on any atom is 0.201 e. The number of nitrogens with one attached hydrogen (secondary N) is 1. The topological polar surface area (TPSA) is 78.4 Å². The number of aromatic nitrogens is 2. The number of halogens is 2. The molecule has 1 aromatic carbocycles. The van der Waals surface area contributed by atoms with Gasteiger partial charge in [0.15, 0.2) is 5.82 Å². The molecule has 0 bridgehead atoms. The summed E-state index contributed by atoms with van der Waals surface area (Å²) in [5.74, 6) is 0.956. The predicted molar refractivity (Wildman–Crippen MR) is 111 cm³/mol. The van der Waals surface area contributed by atoms with Crippen LogP contribution in [0.5, 0.6) is 0 Å². The molecule has 1 aliphatic rings. The molecule has 7 heteroatoms. The lowest BCUT2D eigenvalue weighted by molar-refractivity contribution is 0.0879. The van der Waals surface area contributed by atoms with E-state index in [-0.39, 0.29) is 51.1 Å². The lowest BCUT2D eigenvalue weighted by Gasteiger charge is -2.21. The number of Topliss-reactive ketones (excluding diaryl/α,β-unsaturated/α-hetero) is 1. The summed E-state index contributed by atoms with van der Waals surface area (Å²) in [6, 6.07) is 8.41. The standard InChI is InChI=1S/C18H23N3O.2BrH.H2O/c1-14-4-2-3-5-15(14)8-12-21-13-11-20-18(21)17(22)16-6-9-19-10-7-16;;;/h2-5,11,13,16,19H,6-10,12H2,1H3;2*1H;1H2. The van der Waals surface area contributed by atoms with Crippen molar-refractivity contribution >= 4 is 39.7 Å². The molecule has 0 unspecified atom stereocenters. The highest BCUT2D eigenvalue weighted by atomic mass is 79.9. The molecule has 25 heavy (non-hydrogen) atoms. The summed E-state index contributed by atoms with van der Waals surface area (Å²) in [6.07, 6.45) is 6.43. The molecule has 3 N–H and O–H groups in total. The Hall–Kier alpha value is -1.02. The number of hydrogen-bond donors (Lipinski definition) is 1. The zero-order valence-electron chi connectivity index (χ0n) is 14.4. The zero-order valence-corrected chi connectivity index (χ0v) is 17.8. The molecule has 3 rings (SSSR count). The van der Waals surface area contributed by atoms with Crippen molar-refractivity contribution in [1.82, 2.24) is 14.9 Å². The van der Waals surface area contributed by atoms with Crippen LogP contribution in [0.4, 0.5) is 0 Å². The first-order valence-electron chi connectivity index (χ1n) is 8.06. The summed E-state index contributed by atoms with van der Waals surface area (Å²) in [7, 11) is 0. The quantitative estimate of drug-likeness (QED) is 0.673.